The fourth-order valence-corrected chi connectivity index (χ4v) is 3.31. The number of amides is 1. The second-order valence-corrected chi connectivity index (χ2v) is 6.21. The minimum atomic E-state index is -0.0122. The molecule has 0 aromatic carbocycles. The maximum absolute atomic E-state index is 12.4. The van der Waals surface area contributed by atoms with E-state index in [0.717, 1.165) is 25.1 Å². The third-order valence-corrected chi connectivity index (χ3v) is 4.62. The molecule has 1 aliphatic carbocycles. The van der Waals surface area contributed by atoms with Crippen LogP contribution in [0.3, 0.4) is 0 Å². The second kappa shape index (κ2) is 5.13. The highest BCUT2D eigenvalue weighted by atomic mass is 16.1. The number of piperidine rings is 1. The first kappa shape index (κ1) is 13.5. The van der Waals surface area contributed by atoms with Crippen LogP contribution in [0, 0.1) is 13.8 Å². The van der Waals surface area contributed by atoms with E-state index in [-0.39, 0.29) is 11.9 Å². The minimum Gasteiger partial charge on any atom is -0.349 e. The number of hydrogen-bond donors (Lipinski definition) is 2. The molecule has 108 valence electrons. The van der Waals surface area contributed by atoms with Gasteiger partial charge in [-0.1, -0.05) is 0 Å². The molecule has 3 rings (SSSR count). The lowest BCUT2D eigenvalue weighted by Crippen LogP contribution is -2.59. The maximum atomic E-state index is 12.4. The van der Waals surface area contributed by atoms with E-state index < -0.39 is 0 Å². The molecule has 1 unspecified atom stereocenters. The average Bonchev–Trinajstić information content (AvgIpc) is 2.40. The Morgan fingerprint density at radius 3 is 2.90 bits per heavy atom. The van der Waals surface area contributed by atoms with Crippen LogP contribution in [-0.2, 0) is 0 Å². The second-order valence-electron chi connectivity index (χ2n) is 6.21. The summed E-state index contributed by atoms with van der Waals surface area (Å²) in [5.74, 6) is -0.0122. The number of carbonyl (C=O) groups excluding carboxylic acids is 1. The molecule has 5 heteroatoms. The van der Waals surface area contributed by atoms with Crippen molar-refractivity contribution in [1.29, 1.82) is 0 Å². The lowest BCUT2D eigenvalue weighted by molar-refractivity contribution is 0.0852. The summed E-state index contributed by atoms with van der Waals surface area (Å²) in [5, 5.41) is 14.8. The van der Waals surface area contributed by atoms with Crippen molar-refractivity contribution in [1.82, 2.24) is 20.8 Å². The number of nitrogens with one attached hydrogen (secondary N) is 2. The summed E-state index contributed by atoms with van der Waals surface area (Å²) in [6.45, 7) is 4.69. The molecule has 2 aliphatic rings. The van der Waals surface area contributed by atoms with E-state index in [0.29, 0.717) is 16.8 Å². The molecular formula is C15H22N4O. The molecule has 1 saturated heterocycles. The molecule has 1 amide bonds. The van der Waals surface area contributed by atoms with Gasteiger partial charge in [0.05, 0.1) is 17.0 Å². The van der Waals surface area contributed by atoms with Crippen molar-refractivity contribution in [2.24, 2.45) is 0 Å². The van der Waals surface area contributed by atoms with E-state index in [1.165, 1.54) is 19.3 Å². The van der Waals surface area contributed by atoms with Crippen LogP contribution in [0.5, 0.6) is 0 Å². The zero-order valence-electron chi connectivity index (χ0n) is 12.2. The number of aryl methyl sites for hydroxylation is 2. The van der Waals surface area contributed by atoms with Gasteiger partial charge in [-0.3, -0.25) is 4.79 Å². The largest absolute Gasteiger partial charge is 0.349 e. The summed E-state index contributed by atoms with van der Waals surface area (Å²) in [5.41, 5.74) is 2.43. The van der Waals surface area contributed by atoms with Crippen LogP contribution in [0.2, 0.25) is 0 Å². The molecule has 1 spiro atoms. The van der Waals surface area contributed by atoms with Crippen molar-refractivity contribution in [3.8, 4) is 0 Å². The lowest BCUT2D eigenvalue weighted by Gasteiger charge is -2.48. The van der Waals surface area contributed by atoms with E-state index in [2.05, 4.69) is 20.8 Å². The molecule has 1 aromatic heterocycles. The number of aromatic nitrogens is 2. The van der Waals surface area contributed by atoms with Gasteiger partial charge in [-0.05, 0) is 58.6 Å². The predicted molar refractivity (Wildman–Crippen MR) is 76.6 cm³/mol. The molecule has 2 N–H and O–H groups in total. The Morgan fingerprint density at radius 1 is 1.40 bits per heavy atom. The van der Waals surface area contributed by atoms with Crippen LogP contribution in [0.1, 0.15) is 53.8 Å². The zero-order chi connectivity index (χ0) is 14.2. The molecule has 0 radical (unpaired) electrons. The summed E-state index contributed by atoms with van der Waals surface area (Å²) in [7, 11) is 0. The highest BCUT2D eigenvalue weighted by molar-refractivity contribution is 5.95. The summed E-state index contributed by atoms with van der Waals surface area (Å²) >= 11 is 0. The van der Waals surface area contributed by atoms with Crippen molar-refractivity contribution < 1.29 is 4.79 Å². The van der Waals surface area contributed by atoms with E-state index in [9.17, 15) is 4.79 Å². The van der Waals surface area contributed by atoms with Gasteiger partial charge < -0.3 is 10.6 Å². The molecule has 0 bridgehead atoms. The van der Waals surface area contributed by atoms with Crippen LogP contribution >= 0.6 is 0 Å². The Bertz CT molecular complexity index is 525. The zero-order valence-corrected chi connectivity index (χ0v) is 12.2. The fraction of sp³-hybridized carbons (Fsp3) is 0.667. The van der Waals surface area contributed by atoms with E-state index >= 15 is 0 Å². The van der Waals surface area contributed by atoms with Crippen LogP contribution in [0.15, 0.2) is 6.07 Å². The summed E-state index contributed by atoms with van der Waals surface area (Å²) in [6.07, 6.45) is 5.85. The molecule has 5 nitrogen and oxygen atoms in total. The fourth-order valence-electron chi connectivity index (χ4n) is 3.31. The van der Waals surface area contributed by atoms with Gasteiger partial charge >= 0.3 is 0 Å². The topological polar surface area (TPSA) is 66.9 Å². The van der Waals surface area contributed by atoms with Gasteiger partial charge in [0.2, 0.25) is 0 Å². The Balaban J connectivity index is 1.67. The number of carbonyl (C=O) groups is 1. The quantitative estimate of drug-likeness (QED) is 0.857. The standard InChI is InChI=1S/C15H22N4O/c1-10-8-13(11(2)19-18-10)14(20)17-12-4-7-16-15(9-12)5-3-6-15/h8,12,16H,3-7,9H2,1-2H3,(H,17,20). The van der Waals surface area contributed by atoms with Gasteiger partial charge in [0, 0.05) is 11.6 Å². The van der Waals surface area contributed by atoms with Gasteiger partial charge in [-0.15, -0.1) is 0 Å². The maximum Gasteiger partial charge on any atom is 0.253 e. The van der Waals surface area contributed by atoms with Crippen LogP contribution in [0.4, 0.5) is 0 Å². The predicted octanol–water partition coefficient (Wildman–Crippen LogP) is 1.50. The third kappa shape index (κ3) is 2.54. The number of hydrogen-bond acceptors (Lipinski definition) is 4. The first-order valence-corrected chi connectivity index (χ1v) is 7.45. The number of rotatable bonds is 2. The molecule has 1 atom stereocenters. The van der Waals surface area contributed by atoms with Gasteiger partial charge in [0.25, 0.3) is 5.91 Å². The van der Waals surface area contributed by atoms with Gasteiger partial charge in [-0.25, -0.2) is 0 Å². The van der Waals surface area contributed by atoms with Crippen molar-refractivity contribution in [3.05, 3.63) is 23.0 Å². The van der Waals surface area contributed by atoms with E-state index in [1.54, 1.807) is 0 Å². The summed E-state index contributed by atoms with van der Waals surface area (Å²) in [4.78, 5) is 12.4. The first-order valence-electron chi connectivity index (χ1n) is 7.45. The average molecular weight is 274 g/mol. The Hall–Kier alpha value is -1.49. The Kier molecular flexibility index (Phi) is 3.46. The van der Waals surface area contributed by atoms with Crippen LogP contribution < -0.4 is 10.6 Å². The monoisotopic (exact) mass is 274 g/mol. The van der Waals surface area contributed by atoms with Gasteiger partial charge in [0.15, 0.2) is 0 Å². The summed E-state index contributed by atoms with van der Waals surface area (Å²) in [6, 6.07) is 2.09. The number of nitrogens with zero attached hydrogens (tertiary/aromatic N) is 2. The molecular weight excluding hydrogens is 252 g/mol. The van der Waals surface area contributed by atoms with Gasteiger partial charge in [0.1, 0.15) is 0 Å². The summed E-state index contributed by atoms with van der Waals surface area (Å²) < 4.78 is 0. The SMILES string of the molecule is Cc1cc(C(=O)NC2CCNC3(CCC3)C2)c(C)nn1. The van der Waals surface area contributed by atoms with Crippen molar-refractivity contribution >= 4 is 5.91 Å². The molecule has 2 fully saturated rings. The van der Waals surface area contributed by atoms with Crippen LogP contribution in [-0.4, -0.2) is 34.2 Å². The van der Waals surface area contributed by atoms with E-state index in [4.69, 9.17) is 0 Å². The molecule has 1 aliphatic heterocycles. The van der Waals surface area contributed by atoms with Crippen molar-refractivity contribution in [3.63, 3.8) is 0 Å². The molecule has 1 aromatic rings. The van der Waals surface area contributed by atoms with Crippen molar-refractivity contribution in [2.45, 2.75) is 57.5 Å². The smallest absolute Gasteiger partial charge is 0.253 e. The highest BCUT2D eigenvalue weighted by Crippen LogP contribution is 2.38. The molecule has 1 saturated carbocycles. The normalized spacial score (nSPS) is 24.2. The van der Waals surface area contributed by atoms with Crippen molar-refractivity contribution in [2.75, 3.05) is 6.54 Å². The molecule has 20 heavy (non-hydrogen) atoms. The first-order chi connectivity index (χ1) is 9.58. The van der Waals surface area contributed by atoms with E-state index in [1.807, 2.05) is 19.9 Å². The highest BCUT2D eigenvalue weighted by Gasteiger charge is 2.41. The Morgan fingerprint density at radius 2 is 2.20 bits per heavy atom. The third-order valence-electron chi connectivity index (χ3n) is 4.62. The minimum absolute atomic E-state index is 0.0122. The lowest BCUT2D eigenvalue weighted by atomic mass is 9.70. The molecule has 2 heterocycles. The van der Waals surface area contributed by atoms with Gasteiger partial charge in [-0.2, -0.15) is 10.2 Å². The Labute approximate surface area is 119 Å². The van der Waals surface area contributed by atoms with Crippen LogP contribution in [0.25, 0.3) is 0 Å².